The first kappa shape index (κ1) is 20.1. The van der Waals surface area contributed by atoms with E-state index in [4.69, 9.17) is 4.74 Å². The van der Waals surface area contributed by atoms with Crippen LogP contribution in [0.15, 0.2) is 60.3 Å². The number of ether oxygens (including phenoxy) is 1. The molecule has 0 spiro atoms. The minimum Gasteiger partial charge on any atom is -0.462 e. The molecule has 2 N–H and O–H groups in total. The third-order valence-electron chi connectivity index (χ3n) is 3.47. The summed E-state index contributed by atoms with van der Waals surface area (Å²) < 4.78 is 4.96. The number of para-hydroxylation sites is 1. The maximum atomic E-state index is 12.3. The minimum absolute atomic E-state index is 0.173. The van der Waals surface area contributed by atoms with E-state index in [1.807, 2.05) is 0 Å². The average molecular weight is 380 g/mol. The number of carbonyl (C=O) groups excluding carboxylic acids is 2. The second kappa shape index (κ2) is 9.49. The molecule has 0 aliphatic carbocycles. The Kier molecular flexibility index (Phi) is 6.82. The molecule has 9 nitrogen and oxygen atoms in total. The first-order valence-electron chi connectivity index (χ1n) is 8.15. The third kappa shape index (κ3) is 5.15. The largest absolute Gasteiger partial charge is 0.462 e. The first-order chi connectivity index (χ1) is 13.5. The molecule has 2 aromatic rings. The maximum absolute atomic E-state index is 12.3. The molecule has 2 aromatic carbocycles. The topological polar surface area (TPSA) is 134 Å². The molecule has 0 aromatic heterocycles. The second-order valence-electron chi connectivity index (χ2n) is 5.34. The van der Waals surface area contributed by atoms with Crippen molar-refractivity contribution in [1.82, 2.24) is 0 Å². The monoisotopic (exact) mass is 380 g/mol. The highest BCUT2D eigenvalue weighted by Gasteiger charge is 2.14. The molecule has 0 aliphatic rings. The fraction of sp³-hybridized carbons (Fsp3) is 0.105. The van der Waals surface area contributed by atoms with Crippen molar-refractivity contribution >= 4 is 28.9 Å². The van der Waals surface area contributed by atoms with Crippen LogP contribution in [0.4, 0.5) is 17.1 Å². The number of nitriles is 1. The normalized spacial score (nSPS) is 10.5. The first-order valence-corrected chi connectivity index (χ1v) is 8.15. The standard InChI is InChI=1S/C19H16N4O5/c1-2-28-19(25)16-8-3-4-9-17(16)21-12-13(11-20)18(24)22-14-6-5-7-15(10-14)23(26)27/h3-10,12,21H,2H2,1H3,(H,22,24)/b13-12-. The highest BCUT2D eigenvalue weighted by atomic mass is 16.6. The summed E-state index contributed by atoms with van der Waals surface area (Å²) in [5.41, 5.74) is 0.299. The number of hydrogen-bond acceptors (Lipinski definition) is 7. The smallest absolute Gasteiger partial charge is 0.340 e. The predicted octanol–water partition coefficient (Wildman–Crippen LogP) is 3.23. The Balaban J connectivity index is 2.18. The van der Waals surface area contributed by atoms with Crippen molar-refractivity contribution in [1.29, 1.82) is 5.26 Å². The van der Waals surface area contributed by atoms with E-state index < -0.39 is 16.8 Å². The molecule has 1 amide bonds. The van der Waals surface area contributed by atoms with Crippen molar-refractivity contribution in [3.63, 3.8) is 0 Å². The van der Waals surface area contributed by atoms with Crippen LogP contribution in [0.2, 0.25) is 0 Å². The Labute approximate surface area is 160 Å². The molecular weight excluding hydrogens is 364 g/mol. The molecule has 0 aliphatic heterocycles. The Hall–Kier alpha value is -4.19. The van der Waals surface area contributed by atoms with Gasteiger partial charge in [0, 0.05) is 24.0 Å². The Morgan fingerprint density at radius 2 is 2.00 bits per heavy atom. The lowest BCUT2D eigenvalue weighted by molar-refractivity contribution is -0.384. The number of carbonyl (C=O) groups is 2. The molecule has 9 heteroatoms. The van der Waals surface area contributed by atoms with E-state index in [0.717, 1.165) is 6.20 Å². The van der Waals surface area contributed by atoms with E-state index in [1.165, 1.54) is 24.3 Å². The number of nitro benzene ring substituents is 1. The summed E-state index contributed by atoms with van der Waals surface area (Å²) in [6.07, 6.45) is 1.14. The zero-order valence-electron chi connectivity index (χ0n) is 14.8. The van der Waals surface area contributed by atoms with Gasteiger partial charge in [-0.1, -0.05) is 18.2 Å². The van der Waals surface area contributed by atoms with Crippen molar-refractivity contribution in [3.05, 3.63) is 76.0 Å². The number of esters is 1. The predicted molar refractivity (Wildman–Crippen MR) is 101 cm³/mol. The second-order valence-corrected chi connectivity index (χ2v) is 5.34. The highest BCUT2D eigenvalue weighted by molar-refractivity contribution is 6.07. The summed E-state index contributed by atoms with van der Waals surface area (Å²) in [4.78, 5) is 34.4. The molecular formula is C19H16N4O5. The van der Waals surface area contributed by atoms with Crippen LogP contribution in [-0.2, 0) is 9.53 Å². The van der Waals surface area contributed by atoms with Gasteiger partial charge in [-0.05, 0) is 25.1 Å². The summed E-state index contributed by atoms with van der Waals surface area (Å²) >= 11 is 0. The van der Waals surface area contributed by atoms with Crippen molar-refractivity contribution in [2.45, 2.75) is 6.92 Å². The number of rotatable bonds is 7. The minimum atomic E-state index is -0.760. The van der Waals surface area contributed by atoms with Crippen LogP contribution in [0.1, 0.15) is 17.3 Å². The maximum Gasteiger partial charge on any atom is 0.340 e. The van der Waals surface area contributed by atoms with E-state index in [2.05, 4.69) is 10.6 Å². The average Bonchev–Trinajstić information content (AvgIpc) is 2.69. The Morgan fingerprint density at radius 1 is 1.25 bits per heavy atom. The summed E-state index contributed by atoms with van der Waals surface area (Å²) in [5.74, 6) is -1.30. The fourth-order valence-corrected chi connectivity index (χ4v) is 2.19. The summed E-state index contributed by atoms with van der Waals surface area (Å²) in [5, 5.41) is 25.2. The van der Waals surface area contributed by atoms with Gasteiger partial charge in [0.1, 0.15) is 11.6 Å². The fourth-order valence-electron chi connectivity index (χ4n) is 2.19. The summed E-state index contributed by atoms with van der Waals surface area (Å²) in [6, 6.07) is 13.5. The third-order valence-corrected chi connectivity index (χ3v) is 3.47. The molecule has 142 valence electrons. The molecule has 0 heterocycles. The molecule has 0 radical (unpaired) electrons. The van der Waals surface area contributed by atoms with Gasteiger partial charge in [0.2, 0.25) is 0 Å². The number of nitrogens with one attached hydrogen (secondary N) is 2. The number of hydrogen-bond donors (Lipinski definition) is 2. The zero-order valence-corrected chi connectivity index (χ0v) is 14.8. The van der Waals surface area contributed by atoms with Gasteiger partial charge in [-0.25, -0.2) is 4.79 Å². The van der Waals surface area contributed by atoms with Gasteiger partial charge >= 0.3 is 5.97 Å². The van der Waals surface area contributed by atoms with Gasteiger partial charge in [0.25, 0.3) is 11.6 Å². The summed E-state index contributed by atoms with van der Waals surface area (Å²) in [6.45, 7) is 1.89. The van der Waals surface area contributed by atoms with Crippen molar-refractivity contribution < 1.29 is 19.2 Å². The van der Waals surface area contributed by atoms with Crippen LogP contribution in [0.25, 0.3) is 0 Å². The quantitative estimate of drug-likeness (QED) is 0.247. The van der Waals surface area contributed by atoms with Crippen molar-refractivity contribution in [3.8, 4) is 6.07 Å². The van der Waals surface area contributed by atoms with E-state index >= 15 is 0 Å². The molecule has 0 bridgehead atoms. The van der Waals surface area contributed by atoms with Crippen LogP contribution >= 0.6 is 0 Å². The van der Waals surface area contributed by atoms with Crippen LogP contribution in [0, 0.1) is 21.4 Å². The molecule has 2 rings (SSSR count). The molecule has 0 saturated carbocycles. The van der Waals surface area contributed by atoms with E-state index in [-0.39, 0.29) is 29.1 Å². The Morgan fingerprint density at radius 3 is 2.68 bits per heavy atom. The highest BCUT2D eigenvalue weighted by Crippen LogP contribution is 2.19. The Bertz CT molecular complexity index is 978. The van der Waals surface area contributed by atoms with Gasteiger partial charge in [-0.2, -0.15) is 5.26 Å². The number of non-ortho nitro benzene ring substituents is 1. The summed E-state index contributed by atoms with van der Waals surface area (Å²) in [7, 11) is 0. The van der Waals surface area contributed by atoms with E-state index in [9.17, 15) is 25.0 Å². The number of nitro groups is 1. The lowest BCUT2D eigenvalue weighted by atomic mass is 10.1. The molecule has 28 heavy (non-hydrogen) atoms. The van der Waals surface area contributed by atoms with Gasteiger partial charge in [0.15, 0.2) is 0 Å². The van der Waals surface area contributed by atoms with Gasteiger partial charge in [0.05, 0.1) is 22.8 Å². The van der Waals surface area contributed by atoms with Crippen LogP contribution in [0.3, 0.4) is 0 Å². The van der Waals surface area contributed by atoms with Crippen LogP contribution in [-0.4, -0.2) is 23.4 Å². The van der Waals surface area contributed by atoms with Crippen LogP contribution in [0.5, 0.6) is 0 Å². The van der Waals surface area contributed by atoms with Gasteiger partial charge in [-0.15, -0.1) is 0 Å². The van der Waals surface area contributed by atoms with Crippen LogP contribution < -0.4 is 10.6 Å². The number of amides is 1. The number of anilines is 2. The lowest BCUT2D eigenvalue weighted by Gasteiger charge is -2.09. The van der Waals surface area contributed by atoms with Gasteiger partial charge < -0.3 is 15.4 Å². The van der Waals surface area contributed by atoms with Gasteiger partial charge in [-0.3, -0.25) is 14.9 Å². The van der Waals surface area contributed by atoms with Crippen molar-refractivity contribution in [2.24, 2.45) is 0 Å². The number of benzene rings is 2. The molecule has 0 fully saturated rings. The van der Waals surface area contributed by atoms with E-state index in [0.29, 0.717) is 5.69 Å². The molecule has 0 saturated heterocycles. The number of nitrogens with zero attached hydrogens (tertiary/aromatic N) is 2. The SMILES string of the molecule is CCOC(=O)c1ccccc1N/C=C(/C#N)C(=O)Nc1cccc([N+](=O)[O-])c1. The zero-order chi connectivity index (χ0) is 20.5. The molecule has 0 atom stereocenters. The van der Waals surface area contributed by atoms with E-state index in [1.54, 1.807) is 37.3 Å². The lowest BCUT2D eigenvalue weighted by Crippen LogP contribution is -2.15. The molecule has 0 unspecified atom stereocenters. The van der Waals surface area contributed by atoms with Crippen molar-refractivity contribution in [2.75, 3.05) is 17.2 Å².